The smallest absolute Gasteiger partial charge is 0.158 e. The molecule has 9 heteroatoms. The van der Waals surface area contributed by atoms with Gasteiger partial charge in [0.2, 0.25) is 0 Å². The molecule has 1 atom stereocenters. The number of rotatable bonds is 7. The largest absolute Gasteiger partial charge is 0.388 e. The first-order valence-electron chi connectivity index (χ1n) is 11.9. The first kappa shape index (κ1) is 25.1. The number of aliphatic hydroxyl groups excluding tert-OH is 1. The number of anilines is 2. The number of nitrogens with zero attached hydrogens (tertiary/aromatic N) is 3. The predicted molar refractivity (Wildman–Crippen MR) is 137 cm³/mol. The van der Waals surface area contributed by atoms with E-state index in [4.69, 9.17) is 16.3 Å². The molecular weight excluding hydrogens is 471 g/mol. The monoisotopic (exact) mass is 504 g/mol. The molecule has 0 amide bonds. The Morgan fingerprint density at radius 2 is 1.91 bits per heavy atom. The number of nitrogens with one attached hydrogen (secondary N) is 1. The van der Waals surface area contributed by atoms with Crippen LogP contribution in [-0.2, 0) is 4.74 Å². The quantitative estimate of drug-likeness (QED) is 0.358. The molecule has 1 fully saturated rings. The summed E-state index contributed by atoms with van der Waals surface area (Å²) in [6, 6.07) is 6.31. The molecule has 2 heterocycles. The normalized spacial score (nSPS) is 20.5. The van der Waals surface area contributed by atoms with Crippen molar-refractivity contribution in [2.24, 2.45) is 5.92 Å². The highest BCUT2D eigenvalue weighted by Crippen LogP contribution is 2.40. The Kier molecular flexibility index (Phi) is 7.06. The molecule has 0 radical (unpaired) electrons. The fourth-order valence-electron chi connectivity index (χ4n) is 4.39. The summed E-state index contributed by atoms with van der Waals surface area (Å²) >= 11 is 5.94. The first-order chi connectivity index (χ1) is 16.0. The van der Waals surface area contributed by atoms with Crippen molar-refractivity contribution in [2.75, 3.05) is 5.32 Å². The highest BCUT2D eigenvalue weighted by molar-refractivity contribution is 6.78. The maximum absolute atomic E-state index is 13.6. The number of halogens is 2. The minimum Gasteiger partial charge on any atom is -0.388 e. The molecule has 0 saturated heterocycles. The van der Waals surface area contributed by atoms with Crippen molar-refractivity contribution in [2.45, 2.75) is 76.6 Å². The van der Waals surface area contributed by atoms with E-state index in [0.717, 1.165) is 31.2 Å². The number of hydrogen-bond donors (Lipinski definition) is 2. The summed E-state index contributed by atoms with van der Waals surface area (Å²) in [5.41, 5.74) is 2.09. The van der Waals surface area contributed by atoms with E-state index in [-0.39, 0.29) is 22.3 Å². The van der Waals surface area contributed by atoms with Crippen molar-refractivity contribution < 1.29 is 14.2 Å². The van der Waals surface area contributed by atoms with Crippen LogP contribution in [0.1, 0.15) is 51.2 Å². The lowest BCUT2D eigenvalue weighted by Gasteiger charge is -2.42. The van der Waals surface area contributed by atoms with Crippen LogP contribution in [0.25, 0.3) is 5.52 Å². The van der Waals surface area contributed by atoms with Gasteiger partial charge >= 0.3 is 0 Å². The lowest BCUT2D eigenvalue weighted by atomic mass is 9.81. The summed E-state index contributed by atoms with van der Waals surface area (Å²) in [4.78, 5) is 4.38. The number of fused-ring (bicyclic) bond motifs is 1. The molecule has 1 aliphatic carbocycles. The molecule has 0 aliphatic heterocycles. The van der Waals surface area contributed by atoms with E-state index in [1.165, 1.54) is 18.5 Å². The Labute approximate surface area is 206 Å². The average Bonchev–Trinajstić information content (AvgIpc) is 3.20. The van der Waals surface area contributed by atoms with Gasteiger partial charge in [0.1, 0.15) is 17.7 Å². The third-order valence-corrected chi connectivity index (χ3v) is 11.4. The summed E-state index contributed by atoms with van der Waals surface area (Å²) < 4.78 is 21.8. The van der Waals surface area contributed by atoms with E-state index in [0.29, 0.717) is 17.0 Å². The van der Waals surface area contributed by atoms with Crippen molar-refractivity contribution in [3.63, 3.8) is 0 Å². The standard InChI is InChI=1S/C25H34ClFN4O2Si/c1-25(2,34(3,4)5)33-18-9-6-16(7-10-18)23(32)19-12-13-31-22(19)24(28-15-29-31)30-17-8-11-21(27)20(26)14-17/h8,11-16,18,23,32H,6-7,9-10H2,1-5H3,(H,28,29,30). The SMILES string of the molecule is CC(C)(OC1CCC(C(O)c2ccn3ncnc(Nc4ccc(F)c(Cl)c4)c23)CC1)[Si](C)(C)C. The maximum Gasteiger partial charge on any atom is 0.158 e. The van der Waals surface area contributed by atoms with Crippen LogP contribution < -0.4 is 5.32 Å². The van der Waals surface area contributed by atoms with E-state index in [1.54, 1.807) is 10.6 Å². The molecular formula is C25H34ClFN4O2Si. The molecule has 2 aromatic heterocycles. The fraction of sp³-hybridized carbons (Fsp3) is 0.520. The van der Waals surface area contributed by atoms with Crippen molar-refractivity contribution in [3.05, 3.63) is 53.2 Å². The van der Waals surface area contributed by atoms with Gasteiger partial charge in [0.05, 0.1) is 30.5 Å². The Bertz CT molecular complexity index is 1160. The Morgan fingerprint density at radius 1 is 1.21 bits per heavy atom. The van der Waals surface area contributed by atoms with Crippen molar-refractivity contribution >= 4 is 36.7 Å². The molecule has 184 valence electrons. The zero-order valence-corrected chi connectivity index (χ0v) is 22.2. The van der Waals surface area contributed by atoms with E-state index in [9.17, 15) is 9.50 Å². The van der Waals surface area contributed by atoms with Gasteiger partial charge in [0.15, 0.2) is 5.82 Å². The zero-order valence-electron chi connectivity index (χ0n) is 20.5. The van der Waals surface area contributed by atoms with Gasteiger partial charge < -0.3 is 15.2 Å². The van der Waals surface area contributed by atoms with Gasteiger partial charge in [0.25, 0.3) is 0 Å². The van der Waals surface area contributed by atoms with Gasteiger partial charge in [-0.2, -0.15) is 5.10 Å². The summed E-state index contributed by atoms with van der Waals surface area (Å²) in [7, 11) is -1.45. The molecule has 1 aromatic carbocycles. The summed E-state index contributed by atoms with van der Waals surface area (Å²) in [5.74, 6) is 0.187. The topological polar surface area (TPSA) is 71.7 Å². The van der Waals surface area contributed by atoms with Gasteiger partial charge in [-0.25, -0.2) is 13.9 Å². The van der Waals surface area contributed by atoms with Crippen LogP contribution in [-0.4, -0.2) is 39.1 Å². The Hall–Kier alpha value is -2.00. The number of aromatic nitrogens is 3. The van der Waals surface area contributed by atoms with Gasteiger partial charge in [-0.05, 0) is 69.7 Å². The fourth-order valence-corrected chi connectivity index (χ4v) is 5.09. The summed E-state index contributed by atoms with van der Waals surface area (Å²) in [5, 5.41) is 18.8. The second-order valence-corrected chi connectivity index (χ2v) is 16.9. The van der Waals surface area contributed by atoms with Gasteiger partial charge in [0, 0.05) is 17.4 Å². The maximum atomic E-state index is 13.6. The van der Waals surface area contributed by atoms with Gasteiger partial charge in [-0.15, -0.1) is 0 Å². The van der Waals surface area contributed by atoms with E-state index in [1.807, 2.05) is 12.3 Å². The predicted octanol–water partition coefficient (Wildman–Crippen LogP) is 6.53. The molecule has 4 rings (SSSR count). The number of hydrogen-bond acceptors (Lipinski definition) is 5. The third-order valence-electron chi connectivity index (χ3n) is 7.42. The molecule has 34 heavy (non-hydrogen) atoms. The van der Waals surface area contributed by atoms with Crippen molar-refractivity contribution in [3.8, 4) is 0 Å². The molecule has 3 aromatic rings. The molecule has 0 spiro atoms. The van der Waals surface area contributed by atoms with Crippen LogP contribution in [0, 0.1) is 11.7 Å². The van der Waals surface area contributed by atoms with Crippen LogP contribution in [0.15, 0.2) is 36.8 Å². The molecule has 2 N–H and O–H groups in total. The van der Waals surface area contributed by atoms with Gasteiger partial charge in [-0.3, -0.25) is 0 Å². The van der Waals surface area contributed by atoms with Crippen molar-refractivity contribution in [1.29, 1.82) is 0 Å². The highest BCUT2D eigenvalue weighted by atomic mass is 35.5. The van der Waals surface area contributed by atoms with Crippen LogP contribution in [0.5, 0.6) is 0 Å². The minimum atomic E-state index is -1.45. The Balaban J connectivity index is 1.50. The van der Waals surface area contributed by atoms with E-state index < -0.39 is 20.0 Å². The van der Waals surface area contributed by atoms with Crippen LogP contribution in [0.4, 0.5) is 15.9 Å². The average molecular weight is 505 g/mol. The van der Waals surface area contributed by atoms with Crippen LogP contribution in [0.2, 0.25) is 24.7 Å². The first-order valence-corrected chi connectivity index (χ1v) is 15.7. The second-order valence-electron chi connectivity index (χ2n) is 10.8. The molecule has 1 unspecified atom stereocenters. The minimum absolute atomic E-state index is 0.0296. The second kappa shape index (κ2) is 9.57. The Morgan fingerprint density at radius 3 is 2.56 bits per heavy atom. The lowest BCUT2D eigenvalue weighted by Crippen LogP contribution is -2.51. The lowest BCUT2D eigenvalue weighted by molar-refractivity contribution is -0.0590. The van der Waals surface area contributed by atoms with Crippen molar-refractivity contribution in [1.82, 2.24) is 14.6 Å². The number of benzene rings is 1. The third kappa shape index (κ3) is 5.15. The highest BCUT2D eigenvalue weighted by Gasteiger charge is 2.39. The van der Waals surface area contributed by atoms with Gasteiger partial charge in [-0.1, -0.05) is 31.2 Å². The van der Waals surface area contributed by atoms with E-state index >= 15 is 0 Å². The molecule has 1 aliphatic rings. The molecule has 0 bridgehead atoms. The summed E-state index contributed by atoms with van der Waals surface area (Å²) in [6.45, 7) is 11.5. The van der Waals surface area contributed by atoms with E-state index in [2.05, 4.69) is 48.9 Å². The summed E-state index contributed by atoms with van der Waals surface area (Å²) in [6.07, 6.45) is 6.54. The number of ether oxygens (including phenoxy) is 1. The van der Waals surface area contributed by atoms with Crippen LogP contribution in [0.3, 0.4) is 0 Å². The zero-order chi connectivity index (χ0) is 24.7. The number of aliphatic hydroxyl groups is 1. The molecule has 1 saturated carbocycles. The van der Waals surface area contributed by atoms with Crippen LogP contribution >= 0.6 is 11.6 Å². The molecule has 6 nitrogen and oxygen atoms in total.